The van der Waals surface area contributed by atoms with E-state index in [1.807, 2.05) is 6.92 Å². The van der Waals surface area contributed by atoms with Gasteiger partial charge in [-0.1, -0.05) is 5.16 Å². The van der Waals surface area contributed by atoms with Gasteiger partial charge in [0.2, 0.25) is 5.89 Å². The summed E-state index contributed by atoms with van der Waals surface area (Å²) in [5.41, 5.74) is 5.44. The number of hydrogen-bond donors (Lipinski definition) is 1. The van der Waals surface area contributed by atoms with Crippen molar-refractivity contribution < 1.29 is 9.26 Å². The van der Waals surface area contributed by atoms with Crippen LogP contribution in [-0.4, -0.2) is 47.4 Å². The molecule has 0 saturated carbocycles. The van der Waals surface area contributed by atoms with E-state index in [1.54, 1.807) is 0 Å². The fraction of sp³-hybridized carbons (Fsp3) is 0.833. The molecule has 0 radical (unpaired) electrons. The molecule has 0 spiro atoms. The van der Waals surface area contributed by atoms with E-state index in [0.717, 1.165) is 45.5 Å². The number of nitrogens with two attached hydrogens (primary N) is 1. The maximum Gasteiger partial charge on any atom is 0.240 e. The zero-order valence-electron chi connectivity index (χ0n) is 11.0. The minimum absolute atomic E-state index is 0.386. The number of piperidine rings is 1. The molecule has 1 aromatic rings. The molecule has 1 fully saturated rings. The van der Waals surface area contributed by atoms with Gasteiger partial charge in [-0.2, -0.15) is 4.98 Å². The molecule has 2 heterocycles. The van der Waals surface area contributed by atoms with Gasteiger partial charge in [-0.05, 0) is 32.7 Å². The molecule has 1 aliphatic rings. The Kier molecular flexibility index (Phi) is 5.10. The summed E-state index contributed by atoms with van der Waals surface area (Å²) in [5, 5.41) is 3.80. The van der Waals surface area contributed by atoms with Crippen LogP contribution in [0.3, 0.4) is 0 Å². The highest BCUT2D eigenvalue weighted by Crippen LogP contribution is 2.15. The first-order valence-electron chi connectivity index (χ1n) is 6.61. The van der Waals surface area contributed by atoms with E-state index in [4.69, 9.17) is 15.0 Å². The molecule has 1 aromatic heterocycles. The number of nitrogens with zero attached hydrogens (tertiary/aromatic N) is 3. The van der Waals surface area contributed by atoms with Gasteiger partial charge in [-0.25, -0.2) is 0 Å². The Bertz CT molecular complexity index is 348. The van der Waals surface area contributed by atoms with Crippen LogP contribution in [0.15, 0.2) is 4.52 Å². The van der Waals surface area contributed by atoms with Crippen molar-refractivity contribution in [1.82, 2.24) is 15.0 Å². The summed E-state index contributed by atoms with van der Waals surface area (Å²) in [7, 11) is 0. The minimum atomic E-state index is 0.386. The molecule has 0 amide bonds. The molecule has 0 unspecified atom stereocenters. The van der Waals surface area contributed by atoms with Crippen LogP contribution in [0.25, 0.3) is 0 Å². The molecule has 0 atom stereocenters. The quantitative estimate of drug-likeness (QED) is 0.753. The molecule has 2 N–H and O–H groups in total. The number of aromatic nitrogens is 2. The number of likely N-dealkylation sites (tertiary alicyclic amines) is 1. The maximum absolute atomic E-state index is 5.77. The molecule has 0 bridgehead atoms. The predicted octanol–water partition coefficient (Wildman–Crippen LogP) is 0.708. The van der Waals surface area contributed by atoms with Gasteiger partial charge in [-0.15, -0.1) is 0 Å². The van der Waals surface area contributed by atoms with Crippen LogP contribution >= 0.6 is 0 Å². The van der Waals surface area contributed by atoms with Gasteiger partial charge in [0, 0.05) is 19.7 Å². The number of hydrogen-bond acceptors (Lipinski definition) is 6. The fourth-order valence-corrected chi connectivity index (χ4v) is 2.16. The molecule has 102 valence electrons. The lowest BCUT2D eigenvalue weighted by molar-refractivity contribution is 0.00381. The van der Waals surface area contributed by atoms with Gasteiger partial charge in [-0.3, -0.25) is 4.90 Å². The molecule has 2 rings (SSSR count). The van der Waals surface area contributed by atoms with Crippen LogP contribution in [0, 0.1) is 6.92 Å². The van der Waals surface area contributed by atoms with Crippen molar-refractivity contribution in [2.75, 3.05) is 26.2 Å². The Labute approximate surface area is 107 Å². The Balaban J connectivity index is 1.67. The first-order chi connectivity index (χ1) is 8.78. The van der Waals surface area contributed by atoms with Crippen LogP contribution in [0.1, 0.15) is 31.0 Å². The van der Waals surface area contributed by atoms with Crippen molar-refractivity contribution in [3.63, 3.8) is 0 Å². The molecule has 6 heteroatoms. The summed E-state index contributed by atoms with van der Waals surface area (Å²) >= 11 is 0. The summed E-state index contributed by atoms with van der Waals surface area (Å²) in [6, 6.07) is 0. The van der Waals surface area contributed by atoms with Crippen LogP contribution in [-0.2, 0) is 11.3 Å². The number of aryl methyl sites for hydroxylation is 1. The van der Waals surface area contributed by atoms with Crippen molar-refractivity contribution in [1.29, 1.82) is 0 Å². The van der Waals surface area contributed by atoms with Crippen molar-refractivity contribution in [3.8, 4) is 0 Å². The monoisotopic (exact) mass is 254 g/mol. The topological polar surface area (TPSA) is 77.4 Å². The predicted molar refractivity (Wildman–Crippen MR) is 67.0 cm³/mol. The molecular weight excluding hydrogens is 232 g/mol. The molecule has 1 aliphatic heterocycles. The second-order valence-electron chi connectivity index (χ2n) is 4.72. The van der Waals surface area contributed by atoms with Gasteiger partial charge < -0.3 is 15.0 Å². The minimum Gasteiger partial charge on any atom is -0.378 e. The molecule has 0 aliphatic carbocycles. The standard InChI is InChI=1S/C12H22N4O2/c1-10-14-12(18-15-10)9-16-6-3-11(4-7-16)17-8-2-5-13/h11H,2-9,13H2,1H3. The van der Waals surface area contributed by atoms with Gasteiger partial charge >= 0.3 is 0 Å². The highest BCUT2D eigenvalue weighted by Gasteiger charge is 2.20. The molecule has 18 heavy (non-hydrogen) atoms. The lowest BCUT2D eigenvalue weighted by Crippen LogP contribution is -2.36. The molecule has 6 nitrogen and oxygen atoms in total. The zero-order valence-corrected chi connectivity index (χ0v) is 11.0. The average Bonchev–Trinajstić information content (AvgIpc) is 2.77. The fourth-order valence-electron chi connectivity index (χ4n) is 2.16. The second-order valence-corrected chi connectivity index (χ2v) is 4.72. The van der Waals surface area contributed by atoms with Gasteiger partial charge in [0.15, 0.2) is 5.82 Å². The van der Waals surface area contributed by atoms with E-state index in [9.17, 15) is 0 Å². The normalized spacial score (nSPS) is 18.3. The summed E-state index contributed by atoms with van der Waals surface area (Å²) in [5.74, 6) is 1.40. The lowest BCUT2D eigenvalue weighted by Gasteiger charge is -2.30. The van der Waals surface area contributed by atoms with Crippen molar-refractivity contribution in [3.05, 3.63) is 11.7 Å². The zero-order chi connectivity index (χ0) is 12.8. The summed E-state index contributed by atoms with van der Waals surface area (Å²) in [6.07, 6.45) is 3.47. The van der Waals surface area contributed by atoms with Crippen LogP contribution in [0.2, 0.25) is 0 Å². The molecule has 1 saturated heterocycles. The Morgan fingerprint density at radius 1 is 1.44 bits per heavy atom. The van der Waals surface area contributed by atoms with Crippen LogP contribution in [0.5, 0.6) is 0 Å². The SMILES string of the molecule is Cc1noc(CN2CCC(OCCCN)CC2)n1. The van der Waals surface area contributed by atoms with E-state index in [-0.39, 0.29) is 0 Å². The van der Waals surface area contributed by atoms with E-state index in [1.165, 1.54) is 0 Å². The Morgan fingerprint density at radius 2 is 2.22 bits per heavy atom. The van der Waals surface area contributed by atoms with Crippen molar-refractivity contribution in [2.45, 2.75) is 38.8 Å². The Hall–Kier alpha value is -0.980. The number of ether oxygens (including phenoxy) is 1. The summed E-state index contributed by atoms with van der Waals surface area (Å²) in [6.45, 7) is 6.11. The van der Waals surface area contributed by atoms with Crippen LogP contribution < -0.4 is 5.73 Å². The average molecular weight is 254 g/mol. The van der Waals surface area contributed by atoms with Crippen molar-refractivity contribution >= 4 is 0 Å². The van der Waals surface area contributed by atoms with Gasteiger partial charge in [0.25, 0.3) is 0 Å². The van der Waals surface area contributed by atoms with E-state index in [2.05, 4.69) is 15.0 Å². The third-order valence-corrected chi connectivity index (χ3v) is 3.17. The van der Waals surface area contributed by atoms with E-state index in [0.29, 0.717) is 24.4 Å². The van der Waals surface area contributed by atoms with Gasteiger partial charge in [0.1, 0.15) is 0 Å². The third kappa shape index (κ3) is 4.04. The highest BCUT2D eigenvalue weighted by molar-refractivity contribution is 4.84. The summed E-state index contributed by atoms with van der Waals surface area (Å²) < 4.78 is 10.9. The highest BCUT2D eigenvalue weighted by atomic mass is 16.5. The Morgan fingerprint density at radius 3 is 2.83 bits per heavy atom. The summed E-state index contributed by atoms with van der Waals surface area (Å²) in [4.78, 5) is 6.55. The number of rotatable bonds is 6. The first kappa shape index (κ1) is 13.5. The van der Waals surface area contributed by atoms with E-state index < -0.39 is 0 Å². The van der Waals surface area contributed by atoms with E-state index >= 15 is 0 Å². The molecular formula is C12H22N4O2. The first-order valence-corrected chi connectivity index (χ1v) is 6.61. The third-order valence-electron chi connectivity index (χ3n) is 3.17. The largest absolute Gasteiger partial charge is 0.378 e. The van der Waals surface area contributed by atoms with Crippen molar-refractivity contribution in [2.24, 2.45) is 5.73 Å². The molecule has 0 aromatic carbocycles. The lowest BCUT2D eigenvalue weighted by atomic mass is 10.1. The van der Waals surface area contributed by atoms with Gasteiger partial charge in [0.05, 0.1) is 12.6 Å². The maximum atomic E-state index is 5.77. The second kappa shape index (κ2) is 6.82. The smallest absolute Gasteiger partial charge is 0.240 e. The van der Waals surface area contributed by atoms with Crippen LogP contribution in [0.4, 0.5) is 0 Å².